The molecule has 0 aliphatic rings. The molecule has 0 aromatic heterocycles. The minimum absolute atomic E-state index is 0.548. The van der Waals surface area contributed by atoms with Crippen LogP contribution in [-0.2, 0) is 4.74 Å². The van der Waals surface area contributed by atoms with Crippen molar-refractivity contribution in [1.82, 2.24) is 0 Å². The van der Waals surface area contributed by atoms with Crippen LogP contribution in [0.25, 0.3) is 0 Å². The lowest BCUT2D eigenvalue weighted by Gasteiger charge is -2.17. The van der Waals surface area contributed by atoms with Crippen LogP contribution < -0.4 is 0 Å². The van der Waals surface area contributed by atoms with Crippen molar-refractivity contribution in [2.24, 2.45) is 0 Å². The summed E-state index contributed by atoms with van der Waals surface area (Å²) in [5.41, 5.74) is 0.548. The van der Waals surface area contributed by atoms with E-state index in [9.17, 15) is 13.2 Å². The second-order valence-corrected chi connectivity index (χ2v) is 2.95. The highest BCUT2D eigenvalue weighted by atomic mass is 19.4. The Balaban J connectivity index is 2.73. The monoisotopic (exact) mass is 204 g/mol. The molecule has 1 aromatic carbocycles. The van der Waals surface area contributed by atoms with E-state index in [-0.39, 0.29) is 0 Å². The maximum atomic E-state index is 12.1. The Morgan fingerprint density at radius 3 is 2.21 bits per heavy atom. The highest BCUT2D eigenvalue weighted by Crippen LogP contribution is 2.31. The first-order valence-corrected chi connectivity index (χ1v) is 4.17. The first-order chi connectivity index (χ1) is 6.53. The van der Waals surface area contributed by atoms with E-state index in [0.29, 0.717) is 5.56 Å². The van der Waals surface area contributed by atoms with Crippen molar-refractivity contribution in [3.63, 3.8) is 0 Å². The van der Waals surface area contributed by atoms with Gasteiger partial charge in [-0.15, -0.1) is 0 Å². The molecule has 78 valence electrons. The van der Waals surface area contributed by atoms with Crippen molar-refractivity contribution in [1.29, 1.82) is 0 Å². The van der Waals surface area contributed by atoms with E-state index in [2.05, 4.69) is 0 Å². The van der Waals surface area contributed by atoms with Gasteiger partial charge in [-0.3, -0.25) is 0 Å². The van der Waals surface area contributed by atoms with Crippen molar-refractivity contribution < 1.29 is 17.9 Å². The summed E-state index contributed by atoms with van der Waals surface area (Å²) in [6, 6.07) is 8.39. The van der Waals surface area contributed by atoms with Gasteiger partial charge in [-0.2, -0.15) is 13.2 Å². The fourth-order valence-corrected chi connectivity index (χ4v) is 1.22. The van der Waals surface area contributed by atoms with Crippen LogP contribution in [0.4, 0.5) is 13.2 Å². The van der Waals surface area contributed by atoms with Gasteiger partial charge in [0, 0.05) is 7.11 Å². The molecule has 14 heavy (non-hydrogen) atoms. The number of ether oxygens (including phenoxy) is 1. The first kappa shape index (κ1) is 11.0. The predicted octanol–water partition coefficient (Wildman–Crippen LogP) is 3.33. The van der Waals surface area contributed by atoms with E-state index < -0.39 is 18.7 Å². The molecule has 0 aliphatic heterocycles. The quantitative estimate of drug-likeness (QED) is 0.733. The standard InChI is InChI=1S/C10H11F3O/c1-14-9(7-10(11,12)13)8-5-3-2-4-6-8/h2-6,9H,7H2,1H3. The molecule has 0 fully saturated rings. The predicted molar refractivity (Wildman–Crippen MR) is 46.9 cm³/mol. The fraction of sp³-hybridized carbons (Fsp3) is 0.400. The smallest absolute Gasteiger partial charge is 0.376 e. The molecule has 0 aliphatic carbocycles. The van der Waals surface area contributed by atoms with Gasteiger partial charge in [0.15, 0.2) is 0 Å². The minimum atomic E-state index is -4.20. The topological polar surface area (TPSA) is 9.23 Å². The lowest BCUT2D eigenvalue weighted by molar-refractivity contribution is -0.158. The van der Waals surface area contributed by atoms with Gasteiger partial charge in [-0.05, 0) is 5.56 Å². The molecule has 1 atom stereocenters. The average molecular weight is 204 g/mol. The second-order valence-electron chi connectivity index (χ2n) is 2.95. The lowest BCUT2D eigenvalue weighted by atomic mass is 10.1. The van der Waals surface area contributed by atoms with E-state index in [1.54, 1.807) is 30.3 Å². The SMILES string of the molecule is COC(CC(F)(F)F)c1ccccc1. The summed E-state index contributed by atoms with van der Waals surface area (Å²) in [4.78, 5) is 0. The van der Waals surface area contributed by atoms with Gasteiger partial charge in [0.2, 0.25) is 0 Å². The first-order valence-electron chi connectivity index (χ1n) is 4.17. The number of alkyl halides is 3. The molecule has 0 spiro atoms. The van der Waals surface area contributed by atoms with Gasteiger partial charge in [-0.1, -0.05) is 30.3 Å². The maximum absolute atomic E-state index is 12.1. The zero-order valence-corrected chi connectivity index (χ0v) is 7.71. The summed E-state index contributed by atoms with van der Waals surface area (Å²) < 4.78 is 41.1. The number of methoxy groups -OCH3 is 1. The summed E-state index contributed by atoms with van der Waals surface area (Å²) in [5, 5.41) is 0. The normalized spacial score (nSPS) is 14.0. The highest BCUT2D eigenvalue weighted by molar-refractivity contribution is 5.17. The molecular weight excluding hydrogens is 193 g/mol. The fourth-order valence-electron chi connectivity index (χ4n) is 1.22. The van der Waals surface area contributed by atoms with Crippen molar-refractivity contribution in [3.8, 4) is 0 Å². The molecule has 4 heteroatoms. The molecular formula is C10H11F3O. The number of rotatable bonds is 3. The van der Waals surface area contributed by atoms with Crippen molar-refractivity contribution in [2.75, 3.05) is 7.11 Å². The van der Waals surface area contributed by atoms with Crippen LogP contribution >= 0.6 is 0 Å². The maximum Gasteiger partial charge on any atom is 0.391 e. The Kier molecular flexibility index (Phi) is 3.52. The summed E-state index contributed by atoms with van der Waals surface area (Å²) >= 11 is 0. The molecule has 0 N–H and O–H groups in total. The number of benzene rings is 1. The lowest BCUT2D eigenvalue weighted by Crippen LogP contribution is -2.15. The third-order valence-electron chi connectivity index (χ3n) is 1.87. The summed E-state index contributed by atoms with van der Waals surface area (Å²) in [5.74, 6) is 0. The summed E-state index contributed by atoms with van der Waals surface area (Å²) in [7, 11) is 1.28. The largest absolute Gasteiger partial charge is 0.391 e. The van der Waals surface area contributed by atoms with Crippen LogP contribution in [0.2, 0.25) is 0 Å². The van der Waals surface area contributed by atoms with E-state index in [1.807, 2.05) is 0 Å². The molecule has 1 unspecified atom stereocenters. The number of hydrogen-bond acceptors (Lipinski definition) is 1. The molecule has 1 aromatic rings. The molecule has 0 heterocycles. The van der Waals surface area contributed by atoms with Crippen LogP contribution in [-0.4, -0.2) is 13.3 Å². The van der Waals surface area contributed by atoms with E-state index in [0.717, 1.165) is 0 Å². The second kappa shape index (κ2) is 4.46. The third-order valence-corrected chi connectivity index (χ3v) is 1.87. The van der Waals surface area contributed by atoms with Crippen molar-refractivity contribution >= 4 is 0 Å². The van der Waals surface area contributed by atoms with Gasteiger partial charge >= 0.3 is 6.18 Å². The summed E-state index contributed by atoms with van der Waals surface area (Å²) in [6.45, 7) is 0. The Hall–Kier alpha value is -1.03. The Bertz CT molecular complexity index is 268. The van der Waals surface area contributed by atoms with Crippen molar-refractivity contribution in [2.45, 2.75) is 18.7 Å². The van der Waals surface area contributed by atoms with E-state index in [1.165, 1.54) is 7.11 Å². The van der Waals surface area contributed by atoms with Crippen LogP contribution in [0.5, 0.6) is 0 Å². The van der Waals surface area contributed by atoms with E-state index >= 15 is 0 Å². The van der Waals surface area contributed by atoms with Crippen LogP contribution in [0, 0.1) is 0 Å². The molecule has 0 amide bonds. The zero-order chi connectivity index (χ0) is 10.6. The van der Waals surface area contributed by atoms with Gasteiger partial charge < -0.3 is 4.74 Å². The number of hydrogen-bond donors (Lipinski definition) is 0. The van der Waals surface area contributed by atoms with Gasteiger partial charge in [0.05, 0.1) is 12.5 Å². The molecule has 0 radical (unpaired) electrons. The Labute approximate surface area is 80.5 Å². The molecule has 0 saturated carbocycles. The van der Waals surface area contributed by atoms with Crippen LogP contribution in [0.15, 0.2) is 30.3 Å². The molecule has 1 rings (SSSR count). The molecule has 1 nitrogen and oxygen atoms in total. The molecule has 0 bridgehead atoms. The minimum Gasteiger partial charge on any atom is -0.376 e. The highest BCUT2D eigenvalue weighted by Gasteiger charge is 2.32. The molecule has 0 saturated heterocycles. The third kappa shape index (κ3) is 3.38. The van der Waals surface area contributed by atoms with Gasteiger partial charge in [-0.25, -0.2) is 0 Å². The van der Waals surface area contributed by atoms with Gasteiger partial charge in [0.1, 0.15) is 0 Å². The van der Waals surface area contributed by atoms with Crippen LogP contribution in [0.3, 0.4) is 0 Å². The average Bonchev–Trinajstić information content (AvgIpc) is 2.14. The van der Waals surface area contributed by atoms with Gasteiger partial charge in [0.25, 0.3) is 0 Å². The zero-order valence-electron chi connectivity index (χ0n) is 7.71. The van der Waals surface area contributed by atoms with Crippen LogP contribution in [0.1, 0.15) is 18.1 Å². The number of halogens is 3. The summed E-state index contributed by atoms with van der Waals surface area (Å²) in [6.07, 6.45) is -6.06. The van der Waals surface area contributed by atoms with Crippen molar-refractivity contribution in [3.05, 3.63) is 35.9 Å². The van der Waals surface area contributed by atoms with E-state index in [4.69, 9.17) is 4.74 Å². The Morgan fingerprint density at radius 1 is 1.21 bits per heavy atom. The Morgan fingerprint density at radius 2 is 1.79 bits per heavy atom.